The van der Waals surface area contributed by atoms with E-state index in [1.807, 2.05) is 0 Å². The molecule has 0 aliphatic rings. The Hall–Kier alpha value is -0.750. The van der Waals surface area contributed by atoms with Crippen LogP contribution < -0.4 is 11.1 Å². The normalized spacial score (nSPS) is 12.9. The highest BCUT2D eigenvalue weighted by Gasteiger charge is 2.00. The van der Waals surface area contributed by atoms with Crippen molar-refractivity contribution in [2.45, 2.75) is 6.92 Å². The summed E-state index contributed by atoms with van der Waals surface area (Å²) >= 11 is 1.25. The third-order valence-corrected chi connectivity index (χ3v) is 1.86. The fourth-order valence-corrected chi connectivity index (χ4v) is 0.918. The zero-order valence-electron chi connectivity index (χ0n) is 6.32. The largest absolute Gasteiger partial charge is 0.359 e. The molecule has 3 N–H and O–H groups in total. The van der Waals surface area contributed by atoms with Crippen LogP contribution in [0.15, 0.2) is 0 Å². The third-order valence-electron chi connectivity index (χ3n) is 1.30. The van der Waals surface area contributed by atoms with Gasteiger partial charge in [-0.05, 0) is 17.7 Å². The molecule has 0 aliphatic heterocycles. The van der Waals surface area contributed by atoms with Gasteiger partial charge >= 0.3 is 0 Å². The highest BCUT2D eigenvalue weighted by atomic mass is 32.1. The molecule has 0 aromatic carbocycles. The summed E-state index contributed by atoms with van der Waals surface area (Å²) in [5.41, 5.74) is 5.42. The van der Waals surface area contributed by atoms with Crippen LogP contribution in [0.3, 0.4) is 0 Å². The molecule has 1 aromatic rings. The third kappa shape index (κ3) is 2.77. The lowest BCUT2D eigenvalue weighted by Crippen LogP contribution is -2.19. The Labute approximate surface area is 69.2 Å². The molecule has 0 saturated carbocycles. The molecule has 0 bridgehead atoms. The second-order valence-electron chi connectivity index (χ2n) is 2.39. The minimum Gasteiger partial charge on any atom is -0.359 e. The van der Waals surface area contributed by atoms with E-state index in [1.54, 1.807) is 0 Å². The molecule has 0 amide bonds. The average molecular weight is 173 g/mol. The van der Waals surface area contributed by atoms with Gasteiger partial charge in [0, 0.05) is 18.1 Å². The van der Waals surface area contributed by atoms with Crippen LogP contribution in [0.4, 0.5) is 5.13 Å². The Morgan fingerprint density at radius 2 is 2.55 bits per heavy atom. The number of nitrogens with one attached hydrogen (secondary N) is 1. The first kappa shape index (κ1) is 8.35. The van der Waals surface area contributed by atoms with Gasteiger partial charge in [0.25, 0.3) is 0 Å². The van der Waals surface area contributed by atoms with Crippen LogP contribution in [-0.4, -0.2) is 27.9 Å². The van der Waals surface area contributed by atoms with Crippen molar-refractivity contribution < 1.29 is 0 Å². The number of hydrogen-bond acceptors (Lipinski definition) is 6. The summed E-state index contributed by atoms with van der Waals surface area (Å²) in [7, 11) is 0. The smallest absolute Gasteiger partial charge is 0.225 e. The van der Waals surface area contributed by atoms with E-state index in [0.717, 1.165) is 11.7 Å². The summed E-state index contributed by atoms with van der Waals surface area (Å²) in [4.78, 5) is 0. The molecule has 1 rings (SSSR count). The molecule has 0 aliphatic carbocycles. The highest BCUT2D eigenvalue weighted by Crippen LogP contribution is 2.05. The van der Waals surface area contributed by atoms with Crippen LogP contribution in [0.1, 0.15) is 6.92 Å². The maximum atomic E-state index is 5.42. The SMILES string of the molecule is CC(CN)CNc1nnns1. The van der Waals surface area contributed by atoms with Gasteiger partial charge in [0.1, 0.15) is 0 Å². The quantitative estimate of drug-likeness (QED) is 0.667. The van der Waals surface area contributed by atoms with E-state index in [0.29, 0.717) is 12.5 Å². The standard InChI is InChI=1S/C5H11N5S/c1-4(2-6)3-7-5-8-9-10-11-5/h4H,2-3,6H2,1H3,(H,7,8,10). The predicted octanol–water partition coefficient (Wildman–Crippen LogP) is -0.0602. The van der Waals surface area contributed by atoms with E-state index < -0.39 is 0 Å². The molecule has 6 heteroatoms. The van der Waals surface area contributed by atoms with Gasteiger partial charge < -0.3 is 11.1 Å². The van der Waals surface area contributed by atoms with E-state index in [1.165, 1.54) is 11.5 Å². The van der Waals surface area contributed by atoms with Crippen molar-refractivity contribution >= 4 is 16.7 Å². The first-order valence-corrected chi connectivity index (χ1v) is 4.19. The van der Waals surface area contributed by atoms with Crippen molar-refractivity contribution in [2.24, 2.45) is 11.7 Å². The second-order valence-corrected chi connectivity index (χ2v) is 3.12. The molecule has 1 atom stereocenters. The molecular formula is C5H11N5S. The Morgan fingerprint density at radius 3 is 3.09 bits per heavy atom. The van der Waals surface area contributed by atoms with E-state index >= 15 is 0 Å². The number of nitrogens with two attached hydrogens (primary N) is 1. The van der Waals surface area contributed by atoms with E-state index in [2.05, 4.69) is 27.0 Å². The Kier molecular flexibility index (Phi) is 3.18. The topological polar surface area (TPSA) is 76.7 Å². The summed E-state index contributed by atoms with van der Waals surface area (Å²) < 4.78 is 3.61. The van der Waals surface area contributed by atoms with Gasteiger partial charge in [0.2, 0.25) is 5.13 Å². The molecule has 0 radical (unpaired) electrons. The molecular weight excluding hydrogens is 162 g/mol. The fraction of sp³-hybridized carbons (Fsp3) is 0.800. The summed E-state index contributed by atoms with van der Waals surface area (Å²) in [6, 6.07) is 0. The number of aromatic nitrogens is 3. The lowest BCUT2D eigenvalue weighted by atomic mass is 10.2. The van der Waals surface area contributed by atoms with Crippen molar-refractivity contribution in [1.29, 1.82) is 0 Å². The molecule has 0 fully saturated rings. The molecule has 0 spiro atoms. The number of hydrogen-bond donors (Lipinski definition) is 2. The molecule has 1 aromatic heterocycles. The number of nitrogens with zero attached hydrogens (tertiary/aromatic N) is 3. The molecule has 1 heterocycles. The summed E-state index contributed by atoms with van der Waals surface area (Å²) in [6.45, 7) is 3.58. The van der Waals surface area contributed by atoms with Crippen LogP contribution in [-0.2, 0) is 0 Å². The van der Waals surface area contributed by atoms with Crippen LogP contribution in [0.25, 0.3) is 0 Å². The van der Waals surface area contributed by atoms with Gasteiger partial charge in [-0.2, -0.15) is 0 Å². The first-order chi connectivity index (χ1) is 5.33. The average Bonchev–Trinajstić information content (AvgIpc) is 2.52. The number of rotatable bonds is 4. The molecule has 1 unspecified atom stereocenters. The summed E-state index contributed by atoms with van der Waals surface area (Å²) in [5, 5.41) is 11.0. The van der Waals surface area contributed by atoms with E-state index in [-0.39, 0.29) is 0 Å². The van der Waals surface area contributed by atoms with Gasteiger partial charge in [-0.3, -0.25) is 0 Å². The highest BCUT2D eigenvalue weighted by molar-refractivity contribution is 7.09. The van der Waals surface area contributed by atoms with Crippen molar-refractivity contribution in [1.82, 2.24) is 14.8 Å². The lowest BCUT2D eigenvalue weighted by molar-refractivity contribution is 0.627. The van der Waals surface area contributed by atoms with Crippen LogP contribution in [0.5, 0.6) is 0 Å². The maximum Gasteiger partial charge on any atom is 0.225 e. The van der Waals surface area contributed by atoms with Gasteiger partial charge in [-0.25, -0.2) is 0 Å². The Balaban J connectivity index is 2.23. The van der Waals surface area contributed by atoms with E-state index in [9.17, 15) is 0 Å². The van der Waals surface area contributed by atoms with Crippen molar-refractivity contribution in [3.63, 3.8) is 0 Å². The number of anilines is 1. The summed E-state index contributed by atoms with van der Waals surface area (Å²) in [5.74, 6) is 0.457. The van der Waals surface area contributed by atoms with Crippen LogP contribution >= 0.6 is 11.5 Å². The Bertz CT molecular complexity index is 187. The molecule has 0 saturated heterocycles. The van der Waals surface area contributed by atoms with Gasteiger partial charge in [0.05, 0.1) is 0 Å². The second kappa shape index (κ2) is 4.20. The molecule has 11 heavy (non-hydrogen) atoms. The molecule has 5 nitrogen and oxygen atoms in total. The van der Waals surface area contributed by atoms with Crippen LogP contribution in [0, 0.1) is 5.92 Å². The van der Waals surface area contributed by atoms with Crippen LogP contribution in [0.2, 0.25) is 0 Å². The van der Waals surface area contributed by atoms with Gasteiger partial charge in [-0.15, -0.1) is 0 Å². The molecule has 62 valence electrons. The monoisotopic (exact) mass is 173 g/mol. The lowest BCUT2D eigenvalue weighted by Gasteiger charge is -2.06. The van der Waals surface area contributed by atoms with Crippen molar-refractivity contribution in [2.75, 3.05) is 18.4 Å². The van der Waals surface area contributed by atoms with E-state index in [4.69, 9.17) is 5.73 Å². The van der Waals surface area contributed by atoms with Gasteiger partial charge in [0.15, 0.2) is 0 Å². The zero-order valence-corrected chi connectivity index (χ0v) is 7.14. The first-order valence-electron chi connectivity index (χ1n) is 3.42. The van der Waals surface area contributed by atoms with Gasteiger partial charge in [-0.1, -0.05) is 16.5 Å². The predicted molar refractivity (Wildman–Crippen MR) is 44.4 cm³/mol. The zero-order chi connectivity index (χ0) is 8.10. The minimum absolute atomic E-state index is 0.457. The minimum atomic E-state index is 0.457. The Morgan fingerprint density at radius 1 is 1.73 bits per heavy atom. The van der Waals surface area contributed by atoms with Crippen molar-refractivity contribution in [3.8, 4) is 0 Å². The van der Waals surface area contributed by atoms with Crippen molar-refractivity contribution in [3.05, 3.63) is 0 Å². The summed E-state index contributed by atoms with van der Waals surface area (Å²) in [6.07, 6.45) is 0. The fourth-order valence-electron chi connectivity index (χ4n) is 0.547. The maximum absolute atomic E-state index is 5.42.